The van der Waals surface area contributed by atoms with Gasteiger partial charge >= 0.3 is 0 Å². The van der Waals surface area contributed by atoms with Gasteiger partial charge in [-0.2, -0.15) is 0 Å². The highest BCUT2D eigenvalue weighted by Crippen LogP contribution is 2.33. The van der Waals surface area contributed by atoms with Crippen LogP contribution in [-0.2, 0) is 6.42 Å². The largest absolute Gasteiger partial charge is 0.289 e. The van der Waals surface area contributed by atoms with Gasteiger partial charge in [0.2, 0.25) is 0 Å². The van der Waals surface area contributed by atoms with E-state index in [-0.39, 0.29) is 5.78 Å². The van der Waals surface area contributed by atoms with Crippen LogP contribution in [0.25, 0.3) is 29.1 Å². The first-order chi connectivity index (χ1) is 15.2. The SMILES string of the molecule is O=C1/C(=C/c2ccccc2)CCc2nc3ccccc3c(/C=C/c3ccc(Cl)cc3)c21. The Hall–Kier alpha value is -3.49. The van der Waals surface area contributed by atoms with Gasteiger partial charge in [0.15, 0.2) is 5.78 Å². The average molecular weight is 422 g/mol. The van der Waals surface area contributed by atoms with Gasteiger partial charge in [0, 0.05) is 16.0 Å². The molecular weight excluding hydrogens is 402 g/mol. The molecule has 5 rings (SSSR count). The number of fused-ring (bicyclic) bond motifs is 2. The van der Waals surface area contributed by atoms with Gasteiger partial charge in [0.25, 0.3) is 0 Å². The Morgan fingerprint density at radius 2 is 1.52 bits per heavy atom. The quantitative estimate of drug-likeness (QED) is 0.325. The van der Waals surface area contributed by atoms with Crippen LogP contribution >= 0.6 is 11.6 Å². The lowest BCUT2D eigenvalue weighted by Crippen LogP contribution is -2.17. The molecule has 1 aliphatic rings. The zero-order valence-corrected chi connectivity index (χ0v) is 17.6. The first kappa shape index (κ1) is 19.5. The summed E-state index contributed by atoms with van der Waals surface area (Å²) in [6, 6.07) is 25.7. The van der Waals surface area contributed by atoms with E-state index in [1.807, 2.05) is 97.1 Å². The Morgan fingerprint density at radius 1 is 0.774 bits per heavy atom. The summed E-state index contributed by atoms with van der Waals surface area (Å²) >= 11 is 6.02. The zero-order chi connectivity index (χ0) is 21.2. The van der Waals surface area contributed by atoms with Gasteiger partial charge in [0.05, 0.1) is 16.8 Å². The molecule has 3 aromatic carbocycles. The Labute approximate surface area is 186 Å². The van der Waals surface area contributed by atoms with Gasteiger partial charge in [0.1, 0.15) is 0 Å². The van der Waals surface area contributed by atoms with E-state index in [1.165, 1.54) is 0 Å². The molecule has 3 heteroatoms. The normalized spacial score (nSPS) is 15.0. The Bertz CT molecular complexity index is 1340. The van der Waals surface area contributed by atoms with Crippen LogP contribution in [0.15, 0.2) is 84.4 Å². The number of ketones is 1. The number of carbonyl (C=O) groups excluding carboxylic acids is 1. The number of Topliss-reactive ketones (excluding diaryl/α,β-unsaturated/α-hetero) is 1. The smallest absolute Gasteiger partial charge is 0.191 e. The Balaban J connectivity index is 1.65. The summed E-state index contributed by atoms with van der Waals surface area (Å²) in [6.07, 6.45) is 7.53. The molecule has 1 heterocycles. The molecule has 4 aromatic rings. The topological polar surface area (TPSA) is 30.0 Å². The lowest BCUT2D eigenvalue weighted by molar-refractivity contribution is 0.102. The second-order valence-electron chi connectivity index (χ2n) is 7.66. The molecule has 150 valence electrons. The van der Waals surface area contributed by atoms with Gasteiger partial charge in [-0.05, 0) is 53.8 Å². The number of carbonyl (C=O) groups is 1. The fourth-order valence-electron chi connectivity index (χ4n) is 4.07. The van der Waals surface area contributed by atoms with E-state index in [2.05, 4.69) is 0 Å². The third kappa shape index (κ3) is 3.95. The number of hydrogen-bond donors (Lipinski definition) is 0. The third-order valence-corrected chi connectivity index (χ3v) is 5.86. The minimum atomic E-state index is 0.0686. The van der Waals surface area contributed by atoms with E-state index in [9.17, 15) is 4.79 Å². The van der Waals surface area contributed by atoms with E-state index in [0.717, 1.165) is 50.8 Å². The standard InChI is InChI=1S/C28H20ClNO/c29-22-14-10-19(11-15-22)12-16-24-23-8-4-5-9-25(23)30-26-17-13-21(28(31)27(24)26)18-20-6-2-1-3-7-20/h1-12,14-16,18H,13,17H2/b16-12+,21-18+. The maximum atomic E-state index is 13.6. The summed E-state index contributed by atoms with van der Waals surface area (Å²) in [4.78, 5) is 18.4. The number of pyridine rings is 1. The number of nitrogens with zero attached hydrogens (tertiary/aromatic N) is 1. The van der Waals surface area contributed by atoms with Crippen molar-refractivity contribution in [2.75, 3.05) is 0 Å². The lowest BCUT2D eigenvalue weighted by atomic mass is 9.84. The number of rotatable bonds is 3. The fourth-order valence-corrected chi connectivity index (χ4v) is 4.19. The Kier molecular flexibility index (Phi) is 5.23. The number of para-hydroxylation sites is 1. The second-order valence-corrected chi connectivity index (χ2v) is 8.10. The molecule has 0 bridgehead atoms. The van der Waals surface area contributed by atoms with Crippen molar-refractivity contribution in [3.8, 4) is 0 Å². The molecule has 0 fully saturated rings. The predicted molar refractivity (Wildman–Crippen MR) is 129 cm³/mol. The van der Waals surface area contributed by atoms with Crippen molar-refractivity contribution in [3.05, 3.63) is 117 Å². The predicted octanol–water partition coefficient (Wildman–Crippen LogP) is 7.27. The Morgan fingerprint density at radius 3 is 2.32 bits per heavy atom. The van der Waals surface area contributed by atoms with Crippen molar-refractivity contribution in [2.45, 2.75) is 12.8 Å². The monoisotopic (exact) mass is 421 g/mol. The number of allylic oxidation sites excluding steroid dienone is 1. The van der Waals surface area contributed by atoms with Crippen molar-refractivity contribution in [1.29, 1.82) is 0 Å². The number of halogens is 1. The molecule has 1 aliphatic carbocycles. The van der Waals surface area contributed by atoms with Crippen LogP contribution in [0.5, 0.6) is 0 Å². The van der Waals surface area contributed by atoms with E-state index >= 15 is 0 Å². The highest BCUT2D eigenvalue weighted by Gasteiger charge is 2.27. The molecule has 0 saturated heterocycles. The van der Waals surface area contributed by atoms with Gasteiger partial charge in [-0.3, -0.25) is 9.78 Å². The molecular formula is C28H20ClNO. The van der Waals surface area contributed by atoms with E-state index in [0.29, 0.717) is 11.4 Å². The van der Waals surface area contributed by atoms with Crippen molar-refractivity contribution in [3.63, 3.8) is 0 Å². The van der Waals surface area contributed by atoms with Crippen LogP contribution in [0.1, 0.15) is 39.2 Å². The number of benzene rings is 3. The molecule has 0 atom stereocenters. The maximum Gasteiger partial charge on any atom is 0.191 e. The third-order valence-electron chi connectivity index (χ3n) is 5.61. The van der Waals surface area contributed by atoms with Gasteiger partial charge in [-0.25, -0.2) is 0 Å². The highest BCUT2D eigenvalue weighted by molar-refractivity contribution is 6.30. The first-order valence-electron chi connectivity index (χ1n) is 10.3. The molecule has 0 aliphatic heterocycles. The van der Waals surface area contributed by atoms with Crippen LogP contribution in [0, 0.1) is 0 Å². The molecule has 1 aromatic heterocycles. The molecule has 2 nitrogen and oxygen atoms in total. The average Bonchev–Trinajstić information content (AvgIpc) is 2.80. The maximum absolute atomic E-state index is 13.6. The van der Waals surface area contributed by atoms with Crippen LogP contribution in [0.3, 0.4) is 0 Å². The van der Waals surface area contributed by atoms with Crippen LogP contribution in [0.4, 0.5) is 0 Å². The van der Waals surface area contributed by atoms with Crippen molar-refractivity contribution >= 4 is 46.5 Å². The summed E-state index contributed by atoms with van der Waals surface area (Å²) in [5, 5.41) is 1.69. The number of hydrogen-bond acceptors (Lipinski definition) is 2. The molecule has 0 N–H and O–H groups in total. The van der Waals surface area contributed by atoms with Crippen LogP contribution in [-0.4, -0.2) is 10.8 Å². The van der Waals surface area contributed by atoms with Crippen LogP contribution in [0.2, 0.25) is 5.02 Å². The minimum Gasteiger partial charge on any atom is -0.289 e. The van der Waals surface area contributed by atoms with Gasteiger partial charge in [-0.1, -0.05) is 84.4 Å². The zero-order valence-electron chi connectivity index (χ0n) is 16.9. The van der Waals surface area contributed by atoms with Crippen molar-refractivity contribution in [1.82, 2.24) is 4.98 Å². The van der Waals surface area contributed by atoms with E-state index in [1.54, 1.807) is 0 Å². The molecule has 0 spiro atoms. The highest BCUT2D eigenvalue weighted by atomic mass is 35.5. The van der Waals surface area contributed by atoms with Gasteiger partial charge < -0.3 is 0 Å². The van der Waals surface area contributed by atoms with Crippen molar-refractivity contribution < 1.29 is 4.79 Å². The summed E-state index contributed by atoms with van der Waals surface area (Å²) in [5.41, 5.74) is 6.35. The molecule has 0 radical (unpaired) electrons. The molecule has 0 amide bonds. The summed E-state index contributed by atoms with van der Waals surface area (Å²) in [6.45, 7) is 0. The number of aromatic nitrogens is 1. The van der Waals surface area contributed by atoms with E-state index in [4.69, 9.17) is 16.6 Å². The molecule has 0 saturated carbocycles. The van der Waals surface area contributed by atoms with Crippen molar-refractivity contribution in [2.24, 2.45) is 0 Å². The number of aryl methyl sites for hydroxylation is 1. The van der Waals surface area contributed by atoms with Gasteiger partial charge in [-0.15, -0.1) is 0 Å². The first-order valence-corrected chi connectivity index (χ1v) is 10.7. The van der Waals surface area contributed by atoms with E-state index < -0.39 is 0 Å². The summed E-state index contributed by atoms with van der Waals surface area (Å²) < 4.78 is 0. The molecule has 0 unspecified atom stereocenters. The minimum absolute atomic E-state index is 0.0686. The second kappa shape index (κ2) is 8.33. The summed E-state index contributed by atoms with van der Waals surface area (Å²) in [7, 11) is 0. The summed E-state index contributed by atoms with van der Waals surface area (Å²) in [5.74, 6) is 0.0686. The fraction of sp³-hybridized carbons (Fsp3) is 0.0714. The molecule has 31 heavy (non-hydrogen) atoms. The van der Waals surface area contributed by atoms with Crippen LogP contribution < -0.4 is 0 Å². The lowest BCUT2D eigenvalue weighted by Gasteiger charge is -2.20.